The summed E-state index contributed by atoms with van der Waals surface area (Å²) in [7, 11) is 0. The van der Waals surface area contributed by atoms with Gasteiger partial charge in [-0.1, -0.05) is 54.6 Å². The van der Waals surface area contributed by atoms with Crippen molar-refractivity contribution in [3.8, 4) is 0 Å². The number of carbonyl (C=O) groups excluding carboxylic acids is 4. The van der Waals surface area contributed by atoms with Gasteiger partial charge in [-0.2, -0.15) is 13.2 Å². The van der Waals surface area contributed by atoms with Crippen molar-refractivity contribution < 1.29 is 37.1 Å². The standard InChI is InChI=1S/C27H16F3NO5/c28-27(29,30)15-10-12-16(13-11-15)31-24(34)19-20(25(31)35)26(36-21(19)14-6-2-1-3-7-14)22(32)17-8-4-5-9-18(17)23(26)33/h1-13,19-21H/t19-,20-,21+/m1/s1. The molecule has 9 heteroatoms. The van der Waals surface area contributed by atoms with E-state index in [-0.39, 0.29) is 16.8 Å². The summed E-state index contributed by atoms with van der Waals surface area (Å²) in [5.74, 6) is -5.70. The molecule has 6 rings (SSSR count). The van der Waals surface area contributed by atoms with Gasteiger partial charge in [-0.05, 0) is 29.8 Å². The number of nitrogens with zero attached hydrogens (tertiary/aromatic N) is 1. The molecule has 2 amide bonds. The Labute approximate surface area is 202 Å². The number of benzene rings is 3. The number of anilines is 1. The van der Waals surface area contributed by atoms with E-state index in [1.54, 1.807) is 42.5 Å². The van der Waals surface area contributed by atoms with Crippen molar-refractivity contribution in [1.82, 2.24) is 0 Å². The van der Waals surface area contributed by atoms with Crippen molar-refractivity contribution in [2.75, 3.05) is 4.90 Å². The highest BCUT2D eigenvalue weighted by Crippen LogP contribution is 2.57. The first-order valence-electron chi connectivity index (χ1n) is 11.1. The van der Waals surface area contributed by atoms with Crippen LogP contribution >= 0.6 is 0 Å². The molecule has 0 bridgehead atoms. The van der Waals surface area contributed by atoms with E-state index in [9.17, 15) is 32.3 Å². The molecule has 2 saturated heterocycles. The fourth-order valence-electron chi connectivity index (χ4n) is 5.51. The van der Waals surface area contributed by atoms with Gasteiger partial charge in [0.2, 0.25) is 29.0 Å². The molecule has 0 unspecified atom stereocenters. The second-order valence-corrected chi connectivity index (χ2v) is 8.95. The molecule has 3 atom stereocenters. The third-order valence-corrected chi connectivity index (χ3v) is 7.10. The average molecular weight is 491 g/mol. The van der Waals surface area contributed by atoms with Crippen LogP contribution in [0.3, 0.4) is 0 Å². The lowest BCUT2D eigenvalue weighted by Crippen LogP contribution is -2.51. The predicted molar refractivity (Wildman–Crippen MR) is 119 cm³/mol. The summed E-state index contributed by atoms with van der Waals surface area (Å²) in [6.45, 7) is 0. The van der Waals surface area contributed by atoms with Crippen molar-refractivity contribution in [3.05, 3.63) is 101 Å². The Hall–Kier alpha value is -4.11. The number of carbonyl (C=O) groups is 4. The van der Waals surface area contributed by atoms with Gasteiger partial charge < -0.3 is 4.74 Å². The Kier molecular flexibility index (Phi) is 4.62. The number of ketones is 2. The number of rotatable bonds is 2. The maximum Gasteiger partial charge on any atom is 0.416 e. The van der Waals surface area contributed by atoms with Gasteiger partial charge in [-0.25, -0.2) is 4.90 Å². The van der Waals surface area contributed by atoms with E-state index >= 15 is 0 Å². The number of alkyl halides is 3. The summed E-state index contributed by atoms with van der Waals surface area (Å²) in [6, 6.07) is 18.1. The Morgan fingerprint density at radius 2 is 1.28 bits per heavy atom. The van der Waals surface area contributed by atoms with Crippen LogP contribution in [0.2, 0.25) is 0 Å². The van der Waals surface area contributed by atoms with Gasteiger partial charge in [0.1, 0.15) is 0 Å². The van der Waals surface area contributed by atoms with Gasteiger partial charge in [0.15, 0.2) is 0 Å². The van der Waals surface area contributed by atoms with Crippen LogP contribution in [0.5, 0.6) is 0 Å². The highest BCUT2D eigenvalue weighted by Gasteiger charge is 2.74. The fourth-order valence-corrected chi connectivity index (χ4v) is 5.51. The Bertz CT molecular complexity index is 1410. The molecular formula is C27H16F3NO5. The van der Waals surface area contributed by atoms with Crippen LogP contribution in [-0.2, 0) is 20.5 Å². The molecule has 0 saturated carbocycles. The number of amides is 2. The van der Waals surface area contributed by atoms with Gasteiger partial charge in [0.25, 0.3) is 0 Å². The second-order valence-electron chi connectivity index (χ2n) is 8.95. The van der Waals surface area contributed by atoms with Crippen LogP contribution in [0.15, 0.2) is 78.9 Å². The summed E-state index contributed by atoms with van der Waals surface area (Å²) in [5, 5.41) is 0. The molecule has 6 nitrogen and oxygen atoms in total. The van der Waals surface area contributed by atoms with E-state index in [0.717, 1.165) is 29.2 Å². The van der Waals surface area contributed by atoms with Gasteiger partial charge >= 0.3 is 6.18 Å². The summed E-state index contributed by atoms with van der Waals surface area (Å²) < 4.78 is 45.3. The summed E-state index contributed by atoms with van der Waals surface area (Å²) in [5.41, 5.74) is -2.56. The monoisotopic (exact) mass is 491 g/mol. The van der Waals surface area contributed by atoms with Crippen LogP contribution < -0.4 is 4.90 Å². The van der Waals surface area contributed by atoms with Crippen molar-refractivity contribution in [1.29, 1.82) is 0 Å². The molecule has 1 spiro atoms. The van der Waals surface area contributed by atoms with Gasteiger partial charge in [0, 0.05) is 11.1 Å². The second kappa shape index (κ2) is 7.44. The molecule has 0 aromatic heterocycles. The minimum absolute atomic E-state index is 0.0789. The Morgan fingerprint density at radius 1 is 0.722 bits per heavy atom. The maximum absolute atomic E-state index is 13.8. The SMILES string of the molecule is O=C1[C@H]2[C@H](c3ccccc3)OC3(C(=O)c4ccccc4C3=O)[C@H]2C(=O)N1c1ccc(C(F)(F)F)cc1. The molecule has 1 aliphatic carbocycles. The van der Waals surface area contributed by atoms with Gasteiger partial charge in [-0.3, -0.25) is 19.2 Å². The number of hydrogen-bond acceptors (Lipinski definition) is 5. The molecule has 36 heavy (non-hydrogen) atoms. The molecule has 3 aromatic rings. The van der Waals surface area contributed by atoms with Crippen LogP contribution in [0.1, 0.15) is 37.9 Å². The maximum atomic E-state index is 13.8. The van der Waals surface area contributed by atoms with E-state index in [1.165, 1.54) is 12.1 Å². The van der Waals surface area contributed by atoms with E-state index in [4.69, 9.17) is 4.74 Å². The van der Waals surface area contributed by atoms with Crippen molar-refractivity contribution in [2.45, 2.75) is 17.9 Å². The first-order valence-corrected chi connectivity index (χ1v) is 11.1. The largest absolute Gasteiger partial charge is 0.416 e. The highest BCUT2D eigenvalue weighted by atomic mass is 19.4. The topological polar surface area (TPSA) is 80.8 Å². The van der Waals surface area contributed by atoms with Crippen LogP contribution in [-0.4, -0.2) is 29.0 Å². The van der Waals surface area contributed by atoms with Crippen LogP contribution in [0, 0.1) is 11.8 Å². The van der Waals surface area contributed by atoms with E-state index in [2.05, 4.69) is 0 Å². The molecule has 180 valence electrons. The summed E-state index contributed by atoms with van der Waals surface area (Å²) in [6.07, 6.45) is -5.69. The molecule has 3 aliphatic rings. The molecular weight excluding hydrogens is 475 g/mol. The van der Waals surface area contributed by atoms with E-state index in [0.29, 0.717) is 5.56 Å². The number of fused-ring (bicyclic) bond motifs is 3. The fraction of sp³-hybridized carbons (Fsp3) is 0.185. The average Bonchev–Trinajstić information content (AvgIpc) is 3.44. The molecule has 0 N–H and O–H groups in total. The molecule has 3 aromatic carbocycles. The van der Waals surface area contributed by atoms with Crippen LogP contribution in [0.25, 0.3) is 0 Å². The number of hydrogen-bond donors (Lipinski definition) is 0. The van der Waals surface area contributed by atoms with Crippen molar-refractivity contribution in [3.63, 3.8) is 0 Å². The third-order valence-electron chi connectivity index (χ3n) is 7.10. The molecule has 0 radical (unpaired) electrons. The number of Topliss-reactive ketones (excluding diaryl/α,β-unsaturated/α-hetero) is 2. The Balaban J connectivity index is 1.50. The molecule has 2 fully saturated rings. The molecule has 2 aliphatic heterocycles. The van der Waals surface area contributed by atoms with Crippen LogP contribution in [0.4, 0.5) is 18.9 Å². The zero-order chi connectivity index (χ0) is 25.4. The number of halogens is 3. The zero-order valence-corrected chi connectivity index (χ0v) is 18.4. The summed E-state index contributed by atoms with van der Waals surface area (Å²) >= 11 is 0. The third kappa shape index (κ3) is 2.83. The smallest absolute Gasteiger partial charge is 0.349 e. The van der Waals surface area contributed by atoms with E-state index < -0.39 is 58.7 Å². The lowest BCUT2D eigenvalue weighted by Gasteiger charge is -2.27. The first-order chi connectivity index (χ1) is 17.2. The van der Waals surface area contributed by atoms with Gasteiger partial charge in [0.05, 0.1) is 29.2 Å². The minimum Gasteiger partial charge on any atom is -0.349 e. The first kappa shape index (κ1) is 22.4. The predicted octanol–water partition coefficient (Wildman–Crippen LogP) is 4.40. The highest BCUT2D eigenvalue weighted by molar-refractivity contribution is 6.37. The lowest BCUT2D eigenvalue weighted by molar-refractivity contribution is -0.137. The lowest BCUT2D eigenvalue weighted by atomic mass is 9.77. The zero-order valence-electron chi connectivity index (χ0n) is 18.4. The number of imide groups is 1. The normalized spacial score (nSPS) is 24.5. The van der Waals surface area contributed by atoms with Crippen molar-refractivity contribution >= 4 is 29.1 Å². The molecule has 2 heterocycles. The number of ether oxygens (including phenoxy) is 1. The van der Waals surface area contributed by atoms with E-state index in [1.807, 2.05) is 0 Å². The quantitative estimate of drug-likeness (QED) is 0.392. The Morgan fingerprint density at radius 3 is 1.83 bits per heavy atom. The minimum atomic E-state index is -4.60. The van der Waals surface area contributed by atoms with Gasteiger partial charge in [-0.15, -0.1) is 0 Å². The summed E-state index contributed by atoms with van der Waals surface area (Å²) in [4.78, 5) is 55.5. The van der Waals surface area contributed by atoms with Crippen molar-refractivity contribution in [2.24, 2.45) is 11.8 Å².